The second-order valence-electron chi connectivity index (χ2n) is 3.39. The monoisotopic (exact) mass is 212 g/mol. The van der Waals surface area contributed by atoms with Gasteiger partial charge in [0.2, 0.25) is 0 Å². The van der Waals surface area contributed by atoms with Gasteiger partial charge in [-0.1, -0.05) is 18.2 Å². The van der Waals surface area contributed by atoms with Crippen LogP contribution in [0, 0.1) is 0 Å². The van der Waals surface area contributed by atoms with Crippen LogP contribution in [0.5, 0.6) is 5.75 Å². The molecule has 0 spiro atoms. The molecule has 0 N–H and O–H groups in total. The van der Waals surface area contributed by atoms with Crippen LogP contribution < -0.4 is 28.7 Å². The Morgan fingerprint density at radius 2 is 1.88 bits per heavy atom. The summed E-state index contributed by atoms with van der Waals surface area (Å²) < 4.78 is 5.44. The van der Waals surface area contributed by atoms with Gasteiger partial charge >= 0.3 is 18.9 Å². The smallest absolute Gasteiger partial charge is 0.545 e. The van der Waals surface area contributed by atoms with E-state index in [1.165, 1.54) is 6.08 Å². The third-order valence-corrected chi connectivity index (χ3v) is 1.66. The average molecular weight is 212 g/mol. The molecule has 0 saturated carbocycles. The van der Waals surface area contributed by atoms with Gasteiger partial charge in [-0.05, 0) is 37.6 Å². The minimum absolute atomic E-state index is 0. The molecule has 0 aliphatic heterocycles. The number of benzene rings is 1. The molecule has 0 unspecified atom stereocenters. The summed E-state index contributed by atoms with van der Waals surface area (Å²) in [6.07, 6.45) is 2.61. The second kappa shape index (κ2) is 7.16. The zero-order chi connectivity index (χ0) is 11.3. The molecule has 0 aliphatic carbocycles. The minimum atomic E-state index is -1.20. The summed E-state index contributed by atoms with van der Waals surface area (Å²) in [5.74, 6) is -0.423. The Kier molecular flexibility index (Phi) is 6.63. The molecule has 1 aromatic carbocycles. The van der Waals surface area contributed by atoms with Gasteiger partial charge in [0, 0.05) is 0 Å². The summed E-state index contributed by atoms with van der Waals surface area (Å²) in [7, 11) is 0. The van der Waals surface area contributed by atoms with E-state index in [4.69, 9.17) is 4.74 Å². The number of ether oxygens (including phenoxy) is 1. The molecule has 80 valence electrons. The van der Waals surface area contributed by atoms with Crippen molar-refractivity contribution in [1.82, 2.24) is 0 Å². The van der Waals surface area contributed by atoms with Crippen molar-refractivity contribution in [3.63, 3.8) is 0 Å². The minimum Gasteiger partial charge on any atom is -0.545 e. The zero-order valence-electron chi connectivity index (χ0n) is 9.77. The number of hydrogen-bond acceptors (Lipinski definition) is 3. The molecule has 0 radical (unpaired) electrons. The Labute approximate surface area is 107 Å². The molecule has 0 amide bonds. The summed E-state index contributed by atoms with van der Waals surface area (Å²) in [4.78, 5) is 10.2. The number of rotatable bonds is 4. The number of carboxylic acid groups (broad SMARTS) is 1. The van der Waals surface area contributed by atoms with Gasteiger partial charge in [-0.3, -0.25) is 0 Å². The van der Waals surface area contributed by atoms with Gasteiger partial charge in [0.25, 0.3) is 0 Å². The number of carbonyl (C=O) groups is 1. The normalized spacial score (nSPS) is 10.2. The van der Waals surface area contributed by atoms with Crippen molar-refractivity contribution < 1.29 is 33.5 Å². The quantitative estimate of drug-likeness (QED) is 0.439. The predicted octanol–water partition coefficient (Wildman–Crippen LogP) is -1.76. The maximum atomic E-state index is 10.2. The van der Waals surface area contributed by atoms with Crippen molar-refractivity contribution in [3.05, 3.63) is 35.9 Å². The van der Waals surface area contributed by atoms with Crippen molar-refractivity contribution in [2.45, 2.75) is 20.0 Å². The molecule has 0 fully saturated rings. The van der Waals surface area contributed by atoms with Crippen LogP contribution in [0.2, 0.25) is 0 Å². The van der Waals surface area contributed by atoms with Gasteiger partial charge in [0.15, 0.2) is 0 Å². The third kappa shape index (κ3) is 5.65. The molecule has 1 aromatic rings. The maximum Gasteiger partial charge on any atom is 1.00 e. The van der Waals surface area contributed by atoms with Gasteiger partial charge < -0.3 is 14.6 Å². The van der Waals surface area contributed by atoms with Crippen molar-refractivity contribution in [2.24, 2.45) is 0 Å². The molecule has 3 nitrogen and oxygen atoms in total. The fourth-order valence-corrected chi connectivity index (χ4v) is 1.09. The Bertz CT molecular complexity index is 355. The van der Waals surface area contributed by atoms with Crippen molar-refractivity contribution in [1.29, 1.82) is 0 Å². The van der Waals surface area contributed by atoms with Crippen molar-refractivity contribution in [3.8, 4) is 5.75 Å². The first-order valence-electron chi connectivity index (χ1n) is 4.73. The van der Waals surface area contributed by atoms with E-state index in [-0.39, 0.29) is 25.0 Å². The molecule has 0 saturated heterocycles. The standard InChI is InChI=1S/C12H14O3.Li/c1-9(2)15-11-6-3-10(4-7-11)5-8-12(13)14;/h3-9H,1-2H3,(H,13,14);/q;+1/p-1. The van der Waals surface area contributed by atoms with Crippen LogP contribution in [0.15, 0.2) is 30.3 Å². The topological polar surface area (TPSA) is 49.4 Å². The average Bonchev–Trinajstić information content (AvgIpc) is 2.16. The zero-order valence-corrected chi connectivity index (χ0v) is 9.77. The number of carboxylic acids is 1. The van der Waals surface area contributed by atoms with E-state index in [1.54, 1.807) is 24.3 Å². The first-order chi connectivity index (χ1) is 7.08. The van der Waals surface area contributed by atoms with Gasteiger partial charge in [-0.2, -0.15) is 0 Å². The number of aliphatic carboxylic acids is 1. The largest absolute Gasteiger partial charge is 1.00 e. The van der Waals surface area contributed by atoms with E-state index >= 15 is 0 Å². The van der Waals surface area contributed by atoms with Crippen LogP contribution in [0.3, 0.4) is 0 Å². The Morgan fingerprint density at radius 1 is 1.31 bits per heavy atom. The third-order valence-electron chi connectivity index (χ3n) is 1.66. The first kappa shape index (κ1) is 14.8. The van der Waals surface area contributed by atoms with Crippen molar-refractivity contribution in [2.75, 3.05) is 0 Å². The molecule has 4 heteroatoms. The molecule has 1 rings (SSSR count). The van der Waals surface area contributed by atoms with Gasteiger partial charge in [0.05, 0.1) is 12.1 Å². The van der Waals surface area contributed by atoms with E-state index < -0.39 is 5.97 Å². The van der Waals surface area contributed by atoms with Gasteiger partial charge in [-0.15, -0.1) is 0 Å². The first-order valence-corrected chi connectivity index (χ1v) is 4.73. The van der Waals surface area contributed by atoms with Crippen LogP contribution in [-0.4, -0.2) is 12.1 Å². The summed E-state index contributed by atoms with van der Waals surface area (Å²) in [5, 5.41) is 10.2. The second-order valence-corrected chi connectivity index (χ2v) is 3.39. The summed E-state index contributed by atoms with van der Waals surface area (Å²) in [6.45, 7) is 3.90. The molecule has 0 aromatic heterocycles. The predicted molar refractivity (Wildman–Crippen MR) is 56.2 cm³/mol. The van der Waals surface area contributed by atoms with E-state index in [0.717, 1.165) is 17.4 Å². The van der Waals surface area contributed by atoms with Gasteiger partial charge in [-0.25, -0.2) is 0 Å². The summed E-state index contributed by atoms with van der Waals surface area (Å²) >= 11 is 0. The Morgan fingerprint density at radius 3 is 2.31 bits per heavy atom. The summed E-state index contributed by atoms with van der Waals surface area (Å²) in [6, 6.07) is 7.18. The van der Waals surface area contributed by atoms with E-state index in [1.807, 2.05) is 13.8 Å². The number of hydrogen-bond donors (Lipinski definition) is 0. The fourth-order valence-electron chi connectivity index (χ4n) is 1.09. The number of carbonyl (C=O) groups excluding carboxylic acids is 1. The van der Waals surface area contributed by atoms with E-state index in [2.05, 4.69) is 0 Å². The molecule has 0 atom stereocenters. The summed E-state index contributed by atoms with van der Waals surface area (Å²) in [5.41, 5.74) is 0.801. The molecule has 0 bridgehead atoms. The van der Waals surface area contributed by atoms with E-state index in [9.17, 15) is 9.90 Å². The molecule has 0 heterocycles. The Balaban J connectivity index is 0.00000225. The SMILES string of the molecule is CC(C)Oc1ccc(C=CC(=O)[O-])cc1.[Li+]. The van der Waals surface area contributed by atoms with E-state index in [0.29, 0.717) is 0 Å². The van der Waals surface area contributed by atoms with Gasteiger partial charge in [0.1, 0.15) is 5.75 Å². The van der Waals surface area contributed by atoms with Crippen molar-refractivity contribution >= 4 is 12.0 Å². The fraction of sp³-hybridized carbons (Fsp3) is 0.250. The molecular weight excluding hydrogens is 199 g/mol. The van der Waals surface area contributed by atoms with Crippen LogP contribution in [0.1, 0.15) is 19.4 Å². The van der Waals surface area contributed by atoms with Crippen LogP contribution in [0.4, 0.5) is 0 Å². The maximum absolute atomic E-state index is 10.2. The van der Waals surface area contributed by atoms with Crippen LogP contribution >= 0.6 is 0 Å². The van der Waals surface area contributed by atoms with Crippen LogP contribution in [0.25, 0.3) is 6.08 Å². The Hall–Kier alpha value is -1.17. The molecule has 16 heavy (non-hydrogen) atoms. The van der Waals surface area contributed by atoms with Crippen LogP contribution in [-0.2, 0) is 4.79 Å². The molecular formula is C12H13LiO3. The molecule has 0 aliphatic rings.